The molecule has 0 aromatic carbocycles. The predicted molar refractivity (Wildman–Crippen MR) is 144 cm³/mol. The second-order valence-electron chi connectivity index (χ2n) is 13.1. The number of ether oxygens (including phenoxy) is 3. The number of carbonyl (C=O) groups is 3. The fraction of sp³-hybridized carbons (Fsp3) is 0.656. The van der Waals surface area contributed by atoms with Crippen molar-refractivity contribution in [2.45, 2.75) is 90.6 Å². The van der Waals surface area contributed by atoms with Gasteiger partial charge in [-0.1, -0.05) is 36.3 Å². The Labute approximate surface area is 235 Å². The molecular weight excluding hydrogens is 512 g/mol. The third kappa shape index (κ3) is 3.60. The van der Waals surface area contributed by atoms with E-state index in [-0.39, 0.29) is 42.9 Å². The van der Waals surface area contributed by atoms with Gasteiger partial charge < -0.3 is 24.4 Å². The summed E-state index contributed by atoms with van der Waals surface area (Å²) in [5.41, 5.74) is 2.63. The van der Waals surface area contributed by atoms with Crippen LogP contribution in [-0.4, -0.2) is 59.1 Å². The first-order valence-electron chi connectivity index (χ1n) is 14.6. The summed E-state index contributed by atoms with van der Waals surface area (Å²) in [4.78, 5) is 39.2. The fourth-order valence-corrected chi connectivity index (χ4v) is 9.52. The third-order valence-electron chi connectivity index (χ3n) is 11.1. The van der Waals surface area contributed by atoms with E-state index in [0.29, 0.717) is 24.8 Å². The molecule has 4 fully saturated rings. The summed E-state index contributed by atoms with van der Waals surface area (Å²) in [5.74, 6) is -2.40. The number of aliphatic hydroxyl groups is 2. The number of rotatable bonds is 2. The Kier molecular flexibility index (Phi) is 6.46. The van der Waals surface area contributed by atoms with E-state index in [2.05, 4.69) is 13.5 Å². The number of hydrogen-bond donors (Lipinski definition) is 2. The van der Waals surface area contributed by atoms with Crippen LogP contribution in [0.25, 0.3) is 0 Å². The predicted octanol–water partition coefficient (Wildman–Crippen LogP) is 3.72. The second-order valence-corrected chi connectivity index (χ2v) is 13.1. The molecule has 216 valence electrons. The van der Waals surface area contributed by atoms with Crippen LogP contribution in [0.15, 0.2) is 46.6 Å². The van der Waals surface area contributed by atoms with Crippen molar-refractivity contribution in [2.75, 3.05) is 6.61 Å². The highest BCUT2D eigenvalue weighted by Gasteiger charge is 2.79. The second kappa shape index (κ2) is 9.41. The minimum absolute atomic E-state index is 0.0754. The first-order chi connectivity index (χ1) is 18.9. The van der Waals surface area contributed by atoms with Crippen LogP contribution in [0.4, 0.5) is 0 Å². The Bertz CT molecular complexity index is 1270. The summed E-state index contributed by atoms with van der Waals surface area (Å²) in [6.07, 6.45) is 4.76. The summed E-state index contributed by atoms with van der Waals surface area (Å²) in [6, 6.07) is 0. The minimum Gasteiger partial charge on any atom is -0.461 e. The van der Waals surface area contributed by atoms with E-state index in [9.17, 15) is 24.6 Å². The van der Waals surface area contributed by atoms with Crippen LogP contribution in [0.3, 0.4) is 0 Å². The van der Waals surface area contributed by atoms with Crippen LogP contribution >= 0.6 is 0 Å². The van der Waals surface area contributed by atoms with Crippen molar-refractivity contribution in [3.63, 3.8) is 0 Å². The highest BCUT2D eigenvalue weighted by molar-refractivity contribution is 5.91. The van der Waals surface area contributed by atoms with Crippen molar-refractivity contribution >= 4 is 17.9 Å². The summed E-state index contributed by atoms with van der Waals surface area (Å²) < 4.78 is 18.1. The van der Waals surface area contributed by atoms with Crippen LogP contribution in [-0.2, 0) is 28.6 Å². The van der Waals surface area contributed by atoms with E-state index < -0.39 is 46.9 Å². The zero-order valence-electron chi connectivity index (χ0n) is 23.8. The molecule has 0 amide bonds. The van der Waals surface area contributed by atoms with E-state index in [1.165, 1.54) is 6.92 Å². The molecule has 8 nitrogen and oxygen atoms in total. The Morgan fingerprint density at radius 3 is 2.65 bits per heavy atom. The molecule has 0 aromatic rings. The molecule has 2 saturated heterocycles. The lowest BCUT2D eigenvalue weighted by Crippen LogP contribution is -2.47. The van der Waals surface area contributed by atoms with Gasteiger partial charge in [0.2, 0.25) is 0 Å². The molecule has 2 aliphatic heterocycles. The van der Waals surface area contributed by atoms with Crippen molar-refractivity contribution in [1.29, 1.82) is 0 Å². The Balaban J connectivity index is 1.52. The molecule has 2 heterocycles. The quantitative estimate of drug-likeness (QED) is 0.230. The number of hydrogen-bond acceptors (Lipinski definition) is 8. The van der Waals surface area contributed by atoms with Gasteiger partial charge in [-0.2, -0.15) is 0 Å². The Morgan fingerprint density at radius 1 is 1.20 bits per heavy atom. The van der Waals surface area contributed by atoms with E-state index in [4.69, 9.17) is 14.2 Å². The molecule has 6 aliphatic rings. The van der Waals surface area contributed by atoms with Gasteiger partial charge in [0.1, 0.15) is 18.3 Å². The molecule has 0 radical (unpaired) electrons. The van der Waals surface area contributed by atoms with Gasteiger partial charge in [0.25, 0.3) is 0 Å². The van der Waals surface area contributed by atoms with Gasteiger partial charge in [-0.05, 0) is 69.9 Å². The molecular formula is C32H40O8. The first kappa shape index (κ1) is 27.5. The molecule has 2 saturated carbocycles. The van der Waals surface area contributed by atoms with Crippen molar-refractivity contribution in [1.82, 2.24) is 0 Å². The number of aliphatic hydroxyl groups excluding tert-OH is 2. The molecule has 8 heteroatoms. The van der Waals surface area contributed by atoms with Gasteiger partial charge in [-0.3, -0.25) is 9.59 Å². The average molecular weight is 553 g/mol. The van der Waals surface area contributed by atoms with Crippen molar-refractivity contribution in [3.05, 3.63) is 46.6 Å². The van der Waals surface area contributed by atoms with E-state index >= 15 is 0 Å². The zero-order chi connectivity index (χ0) is 28.7. The van der Waals surface area contributed by atoms with Crippen molar-refractivity contribution in [3.8, 4) is 0 Å². The van der Waals surface area contributed by atoms with Crippen LogP contribution < -0.4 is 0 Å². The van der Waals surface area contributed by atoms with Gasteiger partial charge in [0, 0.05) is 35.7 Å². The fourth-order valence-electron chi connectivity index (χ4n) is 9.52. The Hall–Kier alpha value is -2.71. The largest absolute Gasteiger partial charge is 0.461 e. The molecule has 4 aliphatic carbocycles. The molecule has 0 aromatic heterocycles. The molecule has 0 unspecified atom stereocenters. The van der Waals surface area contributed by atoms with Gasteiger partial charge >= 0.3 is 17.9 Å². The normalized spacial score (nSPS) is 46.9. The van der Waals surface area contributed by atoms with Gasteiger partial charge in [0.05, 0.1) is 18.1 Å². The summed E-state index contributed by atoms with van der Waals surface area (Å²) >= 11 is 0. The zero-order valence-corrected chi connectivity index (χ0v) is 23.8. The summed E-state index contributed by atoms with van der Waals surface area (Å²) in [7, 11) is 0. The smallest absolute Gasteiger partial charge is 0.334 e. The lowest BCUT2D eigenvalue weighted by atomic mass is 9.57. The van der Waals surface area contributed by atoms with Crippen LogP contribution in [0.2, 0.25) is 0 Å². The maximum absolute atomic E-state index is 14.2. The highest BCUT2D eigenvalue weighted by Crippen LogP contribution is 2.75. The first-order valence-corrected chi connectivity index (χ1v) is 14.6. The summed E-state index contributed by atoms with van der Waals surface area (Å²) in [5, 5.41) is 21.8. The number of esters is 3. The Morgan fingerprint density at radius 2 is 1.95 bits per heavy atom. The van der Waals surface area contributed by atoms with E-state index in [1.54, 1.807) is 0 Å². The number of carbonyl (C=O) groups excluding carboxylic acids is 3. The lowest BCUT2D eigenvalue weighted by molar-refractivity contribution is -0.156. The average Bonchev–Trinajstić information content (AvgIpc) is 3.46. The lowest BCUT2D eigenvalue weighted by Gasteiger charge is -2.43. The maximum atomic E-state index is 14.2. The molecule has 2 spiro atoms. The van der Waals surface area contributed by atoms with E-state index in [1.807, 2.05) is 26.0 Å². The molecule has 40 heavy (non-hydrogen) atoms. The molecule has 10 atom stereocenters. The number of allylic oxidation sites excluding steroid dienone is 2. The van der Waals surface area contributed by atoms with Gasteiger partial charge in [-0.15, -0.1) is 0 Å². The monoisotopic (exact) mass is 552 g/mol. The van der Waals surface area contributed by atoms with Crippen LogP contribution in [0.1, 0.15) is 66.2 Å². The highest BCUT2D eigenvalue weighted by atomic mass is 16.6. The standard InChI is InChI=1S/C32H40O8/c1-15-7-6-8-20(13-33)11-23(35)27-25(9-15)40-30(37)32(27)14-31-16(2)10-24-21(17(3)29(36)39-24)12-22(31)18(4)26(32)28(31)38-19(5)34/h8-9,16,21,23-28,33,35H,3,6-7,10-14H2,1-2,4-5H3/b15-9+,20-8-/t16-,21+,23-,24-,25-,26-,27-,28-,31-,32+/m0/s1. The van der Waals surface area contributed by atoms with Crippen LogP contribution in [0, 0.1) is 34.5 Å². The van der Waals surface area contributed by atoms with Crippen molar-refractivity contribution in [2.24, 2.45) is 34.5 Å². The van der Waals surface area contributed by atoms with Crippen molar-refractivity contribution < 1.29 is 38.8 Å². The molecule has 2 bridgehead atoms. The maximum Gasteiger partial charge on any atom is 0.334 e. The molecule has 6 rings (SSSR count). The summed E-state index contributed by atoms with van der Waals surface area (Å²) in [6.45, 7) is 11.4. The topological polar surface area (TPSA) is 119 Å². The van der Waals surface area contributed by atoms with Gasteiger partial charge in [-0.25, -0.2) is 4.79 Å². The SMILES string of the molecule is C=C1C(=O)O[C@H]2C[C@H](C)[C@@]34C[C@@]5(C(=O)O[C@H]6/C=C(\C)CC/C=C(\CO)C[C@H](O)[C@@H]65)[C@@H](C(C)=C3C[C@H]12)[C@@H]4OC(C)=O. The molecule has 2 N–H and O–H groups in total. The van der Waals surface area contributed by atoms with Gasteiger partial charge in [0.15, 0.2) is 0 Å². The van der Waals surface area contributed by atoms with Crippen LogP contribution in [0.5, 0.6) is 0 Å². The van der Waals surface area contributed by atoms with E-state index in [0.717, 1.165) is 35.1 Å². The third-order valence-corrected chi connectivity index (χ3v) is 11.1. The minimum atomic E-state index is -1.10. The number of fused-ring (bicyclic) bond motifs is 5.